The molecule has 142 valence electrons. The Labute approximate surface area is 170 Å². The number of carboxylic acid groups (broad SMARTS) is 2. The minimum absolute atomic E-state index is 0.342. The van der Waals surface area contributed by atoms with Crippen LogP contribution in [0.2, 0.25) is 0 Å². The lowest BCUT2D eigenvalue weighted by atomic mass is 9.83. The molecule has 2 heterocycles. The molecule has 26 heavy (non-hydrogen) atoms. The van der Waals surface area contributed by atoms with Crippen LogP contribution in [0.15, 0.2) is 20.6 Å². The molecule has 0 spiro atoms. The molecule has 0 aromatic carbocycles. The molecule has 2 rings (SSSR count). The topological polar surface area (TPSA) is 74.6 Å². The lowest BCUT2D eigenvalue weighted by Gasteiger charge is -2.25. The molecule has 0 unspecified atom stereocenters. The van der Waals surface area contributed by atoms with Crippen molar-refractivity contribution in [3.63, 3.8) is 0 Å². The van der Waals surface area contributed by atoms with Gasteiger partial charge in [0.05, 0.1) is 19.5 Å². The van der Waals surface area contributed by atoms with E-state index in [0.29, 0.717) is 11.1 Å². The Balaban J connectivity index is 2.58. The van der Waals surface area contributed by atoms with Gasteiger partial charge in [-0.2, -0.15) is 0 Å². The van der Waals surface area contributed by atoms with Crippen molar-refractivity contribution in [2.75, 3.05) is 11.5 Å². The Morgan fingerprint density at radius 1 is 0.923 bits per heavy atom. The summed E-state index contributed by atoms with van der Waals surface area (Å²) in [5.74, 6) is -0.214. The summed E-state index contributed by atoms with van der Waals surface area (Å²) in [6.07, 6.45) is 0.763. The number of thioether (sulfide) groups is 2. The molecule has 2 aromatic rings. The highest BCUT2D eigenvalue weighted by atomic mass is 32.2. The number of carboxylic acids is 2. The Bertz CT molecular complexity index is 744. The maximum atomic E-state index is 11.6. The first kappa shape index (κ1) is 21.3. The molecule has 0 saturated carbocycles. The molecule has 0 amide bonds. The Morgan fingerprint density at radius 3 is 1.58 bits per heavy atom. The third-order valence-corrected chi connectivity index (χ3v) is 9.34. The Kier molecular flexibility index (Phi) is 7.24. The SMILES string of the molecule is CCSc1sc(C(C)(CC)c2cc(C(=O)O)c(SCC)s2)cc1C(=O)O. The van der Waals surface area contributed by atoms with Gasteiger partial charge >= 0.3 is 11.9 Å². The van der Waals surface area contributed by atoms with Crippen molar-refractivity contribution in [2.24, 2.45) is 0 Å². The zero-order valence-electron chi connectivity index (χ0n) is 15.1. The Morgan fingerprint density at radius 2 is 1.31 bits per heavy atom. The third-order valence-electron chi connectivity index (χ3n) is 4.20. The molecule has 2 aromatic heterocycles. The molecule has 0 aliphatic carbocycles. The molecule has 0 radical (unpaired) electrons. The summed E-state index contributed by atoms with van der Waals surface area (Å²) in [5.41, 5.74) is 0.285. The minimum Gasteiger partial charge on any atom is -0.478 e. The molecule has 0 aliphatic heterocycles. The van der Waals surface area contributed by atoms with Gasteiger partial charge in [0.1, 0.15) is 0 Å². The highest BCUT2D eigenvalue weighted by Gasteiger charge is 2.34. The lowest BCUT2D eigenvalue weighted by Crippen LogP contribution is -2.19. The van der Waals surface area contributed by atoms with Crippen molar-refractivity contribution in [1.82, 2.24) is 0 Å². The predicted octanol–water partition coefficient (Wildman–Crippen LogP) is 6.15. The van der Waals surface area contributed by atoms with E-state index < -0.39 is 17.4 Å². The van der Waals surface area contributed by atoms with Gasteiger partial charge in [-0.15, -0.1) is 46.2 Å². The molecular weight excluding hydrogens is 408 g/mol. The predicted molar refractivity (Wildman–Crippen MR) is 112 cm³/mol. The monoisotopic (exact) mass is 430 g/mol. The van der Waals surface area contributed by atoms with Gasteiger partial charge in [-0.1, -0.05) is 20.8 Å². The van der Waals surface area contributed by atoms with Gasteiger partial charge in [0, 0.05) is 15.2 Å². The maximum absolute atomic E-state index is 11.6. The molecule has 0 fully saturated rings. The zero-order valence-corrected chi connectivity index (χ0v) is 18.4. The smallest absolute Gasteiger partial charge is 0.337 e. The molecule has 8 heteroatoms. The zero-order chi connectivity index (χ0) is 19.5. The second-order valence-electron chi connectivity index (χ2n) is 5.79. The van der Waals surface area contributed by atoms with E-state index in [-0.39, 0.29) is 0 Å². The molecule has 0 aliphatic rings. The summed E-state index contributed by atoms with van der Waals surface area (Å²) in [7, 11) is 0. The lowest BCUT2D eigenvalue weighted by molar-refractivity contribution is 0.0683. The highest BCUT2D eigenvalue weighted by Crippen LogP contribution is 2.47. The standard InChI is InChI=1S/C18H22O4S4/c1-5-18(4,12-8-10(14(19)20)16(25-12)23-6-2)13-9-11(15(21)22)17(26-13)24-7-3/h8-9H,5-7H2,1-4H3,(H,19,20)(H,21,22). The quantitative estimate of drug-likeness (QED) is 0.465. The van der Waals surface area contributed by atoms with Crippen LogP contribution >= 0.6 is 46.2 Å². The summed E-state index contributed by atoms with van der Waals surface area (Å²) in [6, 6.07) is 3.53. The van der Waals surface area contributed by atoms with Crippen LogP contribution in [0.5, 0.6) is 0 Å². The van der Waals surface area contributed by atoms with Gasteiger partial charge in [-0.25, -0.2) is 9.59 Å². The number of rotatable bonds is 9. The first-order chi connectivity index (χ1) is 12.3. The van der Waals surface area contributed by atoms with Gasteiger partial charge in [0.25, 0.3) is 0 Å². The van der Waals surface area contributed by atoms with Crippen molar-refractivity contribution < 1.29 is 19.8 Å². The maximum Gasteiger partial charge on any atom is 0.337 e. The average molecular weight is 431 g/mol. The Hall–Kier alpha value is -0.960. The molecule has 0 saturated heterocycles. The first-order valence-electron chi connectivity index (χ1n) is 8.29. The molecule has 4 nitrogen and oxygen atoms in total. The fourth-order valence-electron chi connectivity index (χ4n) is 2.54. The van der Waals surface area contributed by atoms with Crippen molar-refractivity contribution in [2.45, 2.75) is 47.9 Å². The summed E-state index contributed by atoms with van der Waals surface area (Å²) >= 11 is 6.09. The number of thiophene rings is 2. The summed E-state index contributed by atoms with van der Waals surface area (Å²) in [6.45, 7) is 8.13. The van der Waals surface area contributed by atoms with Crippen LogP contribution in [-0.2, 0) is 5.41 Å². The molecule has 0 bridgehead atoms. The summed E-state index contributed by atoms with van der Waals surface area (Å²) < 4.78 is 1.63. The van der Waals surface area contributed by atoms with E-state index in [9.17, 15) is 19.8 Å². The number of carbonyl (C=O) groups is 2. The van der Waals surface area contributed by atoms with E-state index in [1.54, 1.807) is 12.1 Å². The van der Waals surface area contributed by atoms with Crippen LogP contribution in [0.3, 0.4) is 0 Å². The van der Waals surface area contributed by atoms with E-state index >= 15 is 0 Å². The number of hydrogen-bond donors (Lipinski definition) is 2. The summed E-state index contributed by atoms with van der Waals surface area (Å²) in [5, 5.41) is 19.0. The van der Waals surface area contributed by atoms with Crippen LogP contribution in [0, 0.1) is 0 Å². The van der Waals surface area contributed by atoms with Gasteiger partial charge in [0.15, 0.2) is 0 Å². The van der Waals surface area contributed by atoms with Crippen molar-refractivity contribution >= 4 is 58.1 Å². The third kappa shape index (κ3) is 4.13. The van der Waals surface area contributed by atoms with Gasteiger partial charge < -0.3 is 10.2 Å². The fourth-order valence-corrected chi connectivity index (χ4v) is 7.67. The van der Waals surface area contributed by atoms with Crippen LogP contribution in [0.1, 0.15) is 64.6 Å². The minimum atomic E-state index is -0.915. The van der Waals surface area contributed by atoms with Gasteiger partial charge in [0.2, 0.25) is 0 Å². The van der Waals surface area contributed by atoms with Crippen molar-refractivity contribution in [3.05, 3.63) is 33.0 Å². The fraction of sp³-hybridized carbons (Fsp3) is 0.444. The van der Waals surface area contributed by atoms with E-state index in [4.69, 9.17) is 0 Å². The average Bonchev–Trinajstić information content (AvgIpc) is 3.20. The van der Waals surface area contributed by atoms with Crippen LogP contribution in [-0.4, -0.2) is 33.7 Å². The second kappa shape index (κ2) is 8.82. The van der Waals surface area contributed by atoms with Crippen LogP contribution in [0.4, 0.5) is 0 Å². The van der Waals surface area contributed by atoms with E-state index in [1.165, 1.54) is 46.2 Å². The highest BCUT2D eigenvalue weighted by molar-refractivity contribution is 8.01. The number of aromatic carboxylic acids is 2. The second-order valence-corrected chi connectivity index (χ2v) is 11.0. The van der Waals surface area contributed by atoms with Crippen molar-refractivity contribution in [1.29, 1.82) is 0 Å². The van der Waals surface area contributed by atoms with Crippen molar-refractivity contribution in [3.8, 4) is 0 Å². The van der Waals surface area contributed by atoms with Crippen LogP contribution in [0.25, 0.3) is 0 Å². The van der Waals surface area contributed by atoms with Gasteiger partial charge in [-0.05, 0) is 37.0 Å². The van der Waals surface area contributed by atoms with Crippen LogP contribution < -0.4 is 0 Å². The van der Waals surface area contributed by atoms with Gasteiger partial charge in [-0.3, -0.25) is 0 Å². The van der Waals surface area contributed by atoms with E-state index in [2.05, 4.69) is 13.8 Å². The molecule has 0 atom stereocenters. The largest absolute Gasteiger partial charge is 0.478 e. The molecule has 2 N–H and O–H groups in total. The number of hydrogen-bond acceptors (Lipinski definition) is 6. The first-order valence-corrected chi connectivity index (χ1v) is 11.9. The normalized spacial score (nSPS) is 11.7. The van der Waals surface area contributed by atoms with E-state index in [0.717, 1.165) is 36.1 Å². The summed E-state index contributed by atoms with van der Waals surface area (Å²) in [4.78, 5) is 25.2. The van der Waals surface area contributed by atoms with E-state index in [1.807, 2.05) is 13.8 Å². The molecular formula is C18H22O4S4.